The van der Waals surface area contributed by atoms with Crippen LogP contribution in [0.15, 0.2) is 29.2 Å². The Morgan fingerprint density at radius 1 is 1.26 bits per heavy atom. The van der Waals surface area contributed by atoms with Gasteiger partial charge in [0.2, 0.25) is 10.0 Å². The second kappa shape index (κ2) is 6.77. The van der Waals surface area contributed by atoms with Crippen molar-refractivity contribution in [2.75, 3.05) is 19.6 Å². The highest BCUT2D eigenvalue weighted by molar-refractivity contribution is 7.89. The molecule has 0 aromatic heterocycles. The maximum Gasteiger partial charge on any atom is 0.494 e. The highest BCUT2D eigenvalue weighted by Crippen LogP contribution is 2.36. The van der Waals surface area contributed by atoms with E-state index in [1.807, 2.05) is 27.7 Å². The van der Waals surface area contributed by atoms with Gasteiger partial charge in [0.05, 0.1) is 16.1 Å². The normalized spacial score (nSPS) is 22.4. The molecule has 27 heavy (non-hydrogen) atoms. The predicted molar refractivity (Wildman–Crippen MR) is 100 cm³/mol. The van der Waals surface area contributed by atoms with Crippen LogP contribution in [0.1, 0.15) is 27.7 Å². The fraction of sp³-hybridized carbons (Fsp3) is 0.588. The Kier molecular flexibility index (Phi) is 5.05. The van der Waals surface area contributed by atoms with Crippen molar-refractivity contribution < 1.29 is 27.6 Å². The molecule has 0 unspecified atom stereocenters. The first kappa shape index (κ1) is 20.1. The number of carbonyl (C=O) groups is 1. The second-order valence-electron chi connectivity index (χ2n) is 8.03. The molecule has 2 aliphatic heterocycles. The Labute approximate surface area is 160 Å². The van der Waals surface area contributed by atoms with E-state index < -0.39 is 34.4 Å². The molecule has 148 valence electrons. The van der Waals surface area contributed by atoms with Crippen molar-refractivity contribution in [2.45, 2.75) is 43.8 Å². The minimum Gasteiger partial charge on any atom is -0.465 e. The number of carboxylic acid groups (broad SMARTS) is 1. The molecule has 0 spiro atoms. The average molecular weight is 396 g/mol. The number of nitrogens with zero attached hydrogens (tertiary/aromatic N) is 1. The summed E-state index contributed by atoms with van der Waals surface area (Å²) in [5.41, 5.74) is -0.359. The number of nitrogens with one attached hydrogen (secondary N) is 1. The molecule has 2 fully saturated rings. The van der Waals surface area contributed by atoms with Crippen molar-refractivity contribution in [1.82, 2.24) is 9.62 Å². The molecule has 0 bridgehead atoms. The third-order valence-electron chi connectivity index (χ3n) is 5.49. The highest BCUT2D eigenvalue weighted by Gasteiger charge is 2.52. The SMILES string of the molecule is CC1(C)OB(c2cccc(S(=O)(=O)N3CC(CNC(=O)O)C3)c2)OC1(C)C. The van der Waals surface area contributed by atoms with Crippen molar-refractivity contribution in [3.8, 4) is 0 Å². The number of rotatable bonds is 5. The molecule has 0 radical (unpaired) electrons. The van der Waals surface area contributed by atoms with Crippen LogP contribution in [0.5, 0.6) is 0 Å². The van der Waals surface area contributed by atoms with Gasteiger partial charge in [-0.2, -0.15) is 4.31 Å². The van der Waals surface area contributed by atoms with E-state index in [9.17, 15) is 13.2 Å². The Morgan fingerprint density at radius 2 is 1.85 bits per heavy atom. The van der Waals surface area contributed by atoms with Crippen LogP contribution in [0.4, 0.5) is 4.79 Å². The monoisotopic (exact) mass is 396 g/mol. The lowest BCUT2D eigenvalue weighted by atomic mass is 9.79. The van der Waals surface area contributed by atoms with Gasteiger partial charge in [0, 0.05) is 25.6 Å². The van der Waals surface area contributed by atoms with E-state index in [1.165, 1.54) is 4.31 Å². The molecule has 3 rings (SSSR count). The van der Waals surface area contributed by atoms with Crippen LogP contribution in [-0.2, 0) is 19.3 Å². The van der Waals surface area contributed by atoms with Crippen LogP contribution in [0, 0.1) is 5.92 Å². The Hall–Kier alpha value is -1.62. The fourth-order valence-corrected chi connectivity index (χ4v) is 4.68. The molecular weight excluding hydrogens is 371 g/mol. The van der Waals surface area contributed by atoms with Crippen molar-refractivity contribution in [2.24, 2.45) is 5.92 Å². The standard InChI is InChI=1S/C17H25BN2O6S/c1-16(2)17(3,4)26-18(25-16)13-6-5-7-14(8-13)27(23,24)20-10-12(11-20)9-19-15(21)22/h5-8,12,19H,9-11H2,1-4H3,(H,21,22). The van der Waals surface area contributed by atoms with Gasteiger partial charge in [-0.15, -0.1) is 0 Å². The zero-order valence-electron chi connectivity index (χ0n) is 15.9. The third-order valence-corrected chi connectivity index (χ3v) is 7.31. The van der Waals surface area contributed by atoms with Crippen molar-refractivity contribution in [1.29, 1.82) is 0 Å². The number of amides is 1. The summed E-state index contributed by atoms with van der Waals surface area (Å²) < 4.78 is 39.0. The summed E-state index contributed by atoms with van der Waals surface area (Å²) in [5.74, 6) is -0.0119. The van der Waals surface area contributed by atoms with E-state index in [-0.39, 0.29) is 17.4 Å². The predicted octanol–water partition coefficient (Wildman–Crippen LogP) is 0.874. The smallest absolute Gasteiger partial charge is 0.465 e. The minimum absolute atomic E-state index is 0.0119. The molecule has 1 aromatic carbocycles. The van der Waals surface area contributed by atoms with E-state index in [2.05, 4.69) is 5.32 Å². The van der Waals surface area contributed by atoms with E-state index in [0.717, 1.165) is 0 Å². The molecule has 1 amide bonds. The molecule has 8 nitrogen and oxygen atoms in total. The topological polar surface area (TPSA) is 105 Å². The molecule has 2 heterocycles. The maximum atomic E-state index is 12.8. The van der Waals surface area contributed by atoms with Crippen molar-refractivity contribution >= 4 is 28.7 Å². The van der Waals surface area contributed by atoms with Crippen molar-refractivity contribution in [3.63, 3.8) is 0 Å². The quantitative estimate of drug-likeness (QED) is 0.716. The summed E-state index contributed by atoms with van der Waals surface area (Å²) in [7, 11) is -4.27. The molecular formula is C17H25BN2O6S. The van der Waals surface area contributed by atoms with Crippen LogP contribution >= 0.6 is 0 Å². The number of hydrogen-bond donors (Lipinski definition) is 2. The fourth-order valence-electron chi connectivity index (χ4n) is 3.03. The van der Waals surface area contributed by atoms with Gasteiger partial charge < -0.3 is 19.7 Å². The number of hydrogen-bond acceptors (Lipinski definition) is 5. The molecule has 10 heteroatoms. The van der Waals surface area contributed by atoms with Gasteiger partial charge in [0.1, 0.15) is 0 Å². The van der Waals surface area contributed by atoms with Gasteiger partial charge in [-0.05, 0) is 45.3 Å². The van der Waals surface area contributed by atoms with Gasteiger partial charge in [-0.25, -0.2) is 13.2 Å². The first-order valence-corrected chi connectivity index (χ1v) is 10.3. The first-order chi connectivity index (χ1) is 12.4. The summed E-state index contributed by atoms with van der Waals surface area (Å²) in [6, 6.07) is 6.60. The average Bonchev–Trinajstić information content (AvgIpc) is 2.73. The zero-order chi connectivity index (χ0) is 20.0. The summed E-state index contributed by atoms with van der Waals surface area (Å²) in [6.45, 7) is 8.61. The third kappa shape index (κ3) is 3.84. The van der Waals surface area contributed by atoms with Gasteiger partial charge >= 0.3 is 13.2 Å². The largest absolute Gasteiger partial charge is 0.494 e. The zero-order valence-corrected chi connectivity index (χ0v) is 16.7. The highest BCUT2D eigenvalue weighted by atomic mass is 32.2. The van der Waals surface area contributed by atoms with Crippen LogP contribution in [-0.4, -0.2) is 61.9 Å². The van der Waals surface area contributed by atoms with Crippen molar-refractivity contribution in [3.05, 3.63) is 24.3 Å². The molecule has 0 aliphatic carbocycles. The van der Waals surface area contributed by atoms with Crippen LogP contribution in [0.3, 0.4) is 0 Å². The molecule has 0 saturated carbocycles. The van der Waals surface area contributed by atoms with Gasteiger partial charge in [-0.1, -0.05) is 12.1 Å². The van der Waals surface area contributed by atoms with Gasteiger partial charge in [0.25, 0.3) is 0 Å². The summed E-state index contributed by atoms with van der Waals surface area (Å²) in [4.78, 5) is 10.7. The molecule has 0 atom stereocenters. The lowest BCUT2D eigenvalue weighted by molar-refractivity contribution is 0.00578. The lowest BCUT2D eigenvalue weighted by Crippen LogP contribution is -2.53. The Bertz CT molecular complexity index is 820. The first-order valence-electron chi connectivity index (χ1n) is 8.85. The lowest BCUT2D eigenvalue weighted by Gasteiger charge is -2.37. The molecule has 2 saturated heterocycles. The van der Waals surface area contributed by atoms with Gasteiger partial charge in [0.15, 0.2) is 0 Å². The summed E-state index contributed by atoms with van der Waals surface area (Å²) in [5, 5.41) is 10.9. The summed E-state index contributed by atoms with van der Waals surface area (Å²) in [6.07, 6.45) is -1.11. The maximum absolute atomic E-state index is 12.8. The van der Waals surface area contributed by atoms with E-state index in [0.29, 0.717) is 18.6 Å². The van der Waals surface area contributed by atoms with Crippen LogP contribution in [0.2, 0.25) is 0 Å². The number of sulfonamides is 1. The Morgan fingerprint density at radius 3 is 2.41 bits per heavy atom. The molecule has 2 N–H and O–H groups in total. The van der Waals surface area contributed by atoms with Crippen LogP contribution in [0.25, 0.3) is 0 Å². The van der Waals surface area contributed by atoms with E-state index in [1.54, 1.807) is 24.3 Å². The van der Waals surface area contributed by atoms with E-state index in [4.69, 9.17) is 14.4 Å². The van der Waals surface area contributed by atoms with E-state index >= 15 is 0 Å². The second-order valence-corrected chi connectivity index (χ2v) is 9.97. The minimum atomic E-state index is -3.64. The molecule has 1 aromatic rings. The molecule has 2 aliphatic rings. The van der Waals surface area contributed by atoms with Gasteiger partial charge in [-0.3, -0.25) is 0 Å². The summed E-state index contributed by atoms with van der Waals surface area (Å²) >= 11 is 0. The van der Waals surface area contributed by atoms with Crippen LogP contribution < -0.4 is 10.8 Å². The number of benzene rings is 1. The Balaban J connectivity index is 1.72.